The van der Waals surface area contributed by atoms with Crippen LogP contribution in [0.5, 0.6) is 0 Å². The summed E-state index contributed by atoms with van der Waals surface area (Å²) in [6.45, 7) is 1.45. The summed E-state index contributed by atoms with van der Waals surface area (Å²) in [4.78, 5) is 23.6. The smallest absolute Gasteiger partial charge is 0.276 e. The number of amides is 1. The Balaban J connectivity index is 2.48. The van der Waals surface area contributed by atoms with Crippen molar-refractivity contribution in [2.75, 3.05) is 5.32 Å². The molecule has 3 nitrogen and oxygen atoms in total. The first-order chi connectivity index (χ1) is 9.30. The van der Waals surface area contributed by atoms with Gasteiger partial charge in [0.25, 0.3) is 9.70 Å². The van der Waals surface area contributed by atoms with Crippen LogP contribution in [0.25, 0.3) is 0 Å². The summed E-state index contributed by atoms with van der Waals surface area (Å²) in [5.74, 6) is -0.873. The van der Waals surface area contributed by atoms with E-state index in [1.807, 2.05) is 6.07 Å². The summed E-state index contributed by atoms with van der Waals surface area (Å²) in [5, 5.41) is 2.60. The molecule has 0 unspecified atom stereocenters. The van der Waals surface area contributed by atoms with E-state index in [4.69, 9.17) is 34.8 Å². The maximum Gasteiger partial charge on any atom is 0.276 e. The number of benzene rings is 1. The van der Waals surface area contributed by atoms with E-state index in [0.29, 0.717) is 11.3 Å². The van der Waals surface area contributed by atoms with E-state index < -0.39 is 9.70 Å². The van der Waals surface area contributed by atoms with Crippen molar-refractivity contribution < 1.29 is 9.59 Å². The van der Waals surface area contributed by atoms with Crippen LogP contribution >= 0.6 is 34.8 Å². The fourth-order valence-electron chi connectivity index (χ4n) is 2.45. The first kappa shape index (κ1) is 15.6. The van der Waals surface area contributed by atoms with Gasteiger partial charge in [0.2, 0.25) is 0 Å². The molecule has 2 rings (SSSR count). The third-order valence-electron chi connectivity index (χ3n) is 3.41. The lowest BCUT2D eigenvalue weighted by atomic mass is 9.88. The molecule has 0 fully saturated rings. The molecule has 0 spiro atoms. The Kier molecular flexibility index (Phi) is 4.62. The summed E-state index contributed by atoms with van der Waals surface area (Å²) in [6.07, 6.45) is 3.87. The molecule has 20 heavy (non-hydrogen) atoms. The summed E-state index contributed by atoms with van der Waals surface area (Å²) in [7, 11) is 0. The number of alkyl halides is 3. The second-order valence-electron chi connectivity index (χ2n) is 4.84. The van der Waals surface area contributed by atoms with Gasteiger partial charge in [-0.15, -0.1) is 0 Å². The lowest BCUT2D eigenvalue weighted by Crippen LogP contribution is -2.29. The molecule has 0 saturated heterocycles. The van der Waals surface area contributed by atoms with Gasteiger partial charge in [-0.3, -0.25) is 9.59 Å². The molecule has 108 valence electrons. The Morgan fingerprint density at radius 1 is 1.15 bits per heavy atom. The number of rotatable bonds is 2. The zero-order valence-electron chi connectivity index (χ0n) is 10.9. The molecule has 0 atom stereocenters. The quantitative estimate of drug-likeness (QED) is 0.654. The zero-order valence-corrected chi connectivity index (χ0v) is 13.2. The maximum atomic E-state index is 11.9. The van der Waals surface area contributed by atoms with Gasteiger partial charge < -0.3 is 5.32 Å². The zero-order chi connectivity index (χ0) is 14.9. The number of hydrogen-bond acceptors (Lipinski definition) is 2. The topological polar surface area (TPSA) is 46.2 Å². The average Bonchev–Trinajstić information content (AvgIpc) is 2.37. The van der Waals surface area contributed by atoms with Crippen molar-refractivity contribution >= 4 is 52.2 Å². The third-order valence-corrected chi connectivity index (χ3v) is 3.92. The molecule has 1 aliphatic carbocycles. The van der Waals surface area contributed by atoms with Gasteiger partial charge in [-0.2, -0.15) is 0 Å². The average molecular weight is 335 g/mol. The summed E-state index contributed by atoms with van der Waals surface area (Å²) >= 11 is 16.7. The highest BCUT2D eigenvalue weighted by Gasteiger charge is 2.32. The third kappa shape index (κ3) is 3.27. The highest BCUT2D eigenvalue weighted by Crippen LogP contribution is 2.34. The lowest BCUT2D eigenvalue weighted by molar-refractivity contribution is -0.115. The van der Waals surface area contributed by atoms with Gasteiger partial charge >= 0.3 is 0 Å². The van der Waals surface area contributed by atoms with Crippen LogP contribution in [-0.4, -0.2) is 15.5 Å². The van der Waals surface area contributed by atoms with E-state index in [-0.39, 0.29) is 5.78 Å². The molecule has 1 N–H and O–H groups in total. The van der Waals surface area contributed by atoms with Crippen molar-refractivity contribution in [2.45, 2.75) is 36.4 Å². The second kappa shape index (κ2) is 5.92. The number of ketones is 1. The summed E-state index contributed by atoms with van der Waals surface area (Å²) in [5.41, 5.74) is 3.06. The Bertz CT molecular complexity index is 564. The van der Waals surface area contributed by atoms with Crippen molar-refractivity contribution in [1.82, 2.24) is 0 Å². The number of anilines is 1. The van der Waals surface area contributed by atoms with Gasteiger partial charge in [0.05, 0.1) is 5.69 Å². The molecule has 0 saturated carbocycles. The maximum absolute atomic E-state index is 11.9. The van der Waals surface area contributed by atoms with Crippen LogP contribution in [0.15, 0.2) is 12.1 Å². The number of aryl methyl sites for hydroxylation is 1. The minimum absolute atomic E-state index is 0.127. The molecule has 0 radical (unpaired) electrons. The Morgan fingerprint density at radius 2 is 1.80 bits per heavy atom. The molecule has 0 aromatic heterocycles. The monoisotopic (exact) mass is 333 g/mol. The Morgan fingerprint density at radius 3 is 2.40 bits per heavy atom. The Hall–Kier alpha value is -0.770. The van der Waals surface area contributed by atoms with Crippen LogP contribution in [0, 0.1) is 0 Å². The first-order valence-corrected chi connectivity index (χ1v) is 7.48. The molecule has 1 amide bonds. The lowest BCUT2D eigenvalue weighted by Gasteiger charge is -2.23. The second-order valence-corrected chi connectivity index (χ2v) is 7.12. The minimum atomic E-state index is -2.05. The van der Waals surface area contributed by atoms with Gasteiger partial charge in [0.15, 0.2) is 5.78 Å². The molecule has 1 aromatic rings. The van der Waals surface area contributed by atoms with E-state index in [2.05, 4.69) is 5.32 Å². The number of hydrogen-bond donors (Lipinski definition) is 1. The van der Waals surface area contributed by atoms with Gasteiger partial charge in [-0.25, -0.2) is 0 Å². The van der Waals surface area contributed by atoms with Gasteiger partial charge in [0.1, 0.15) is 0 Å². The summed E-state index contributed by atoms with van der Waals surface area (Å²) < 4.78 is -2.05. The van der Waals surface area contributed by atoms with Crippen molar-refractivity contribution in [3.63, 3.8) is 0 Å². The normalized spacial score (nSPS) is 14.6. The largest absolute Gasteiger partial charge is 0.321 e. The van der Waals surface area contributed by atoms with Crippen LogP contribution < -0.4 is 5.32 Å². The fraction of sp³-hybridized carbons (Fsp3) is 0.429. The van der Waals surface area contributed by atoms with Crippen molar-refractivity contribution in [3.05, 3.63) is 28.8 Å². The van der Waals surface area contributed by atoms with Crippen LogP contribution in [-0.2, 0) is 17.6 Å². The predicted octanol–water partition coefficient (Wildman–Crippen LogP) is 4.08. The molecule has 1 aliphatic rings. The van der Waals surface area contributed by atoms with Gasteiger partial charge in [-0.1, -0.05) is 40.9 Å². The fourth-order valence-corrected chi connectivity index (χ4v) is 2.59. The number of halogens is 3. The molecule has 0 aliphatic heterocycles. The Labute approximate surface area is 132 Å². The van der Waals surface area contributed by atoms with E-state index in [9.17, 15) is 9.59 Å². The standard InChI is InChI=1S/C14H14Cl3NO2/c1-8(19)10-7-6-9-4-2-3-5-11(9)12(10)18-13(20)14(15,16)17/h6-7H,2-5H2,1H3,(H,18,20). The molecule has 1 aromatic carbocycles. The molecule has 0 bridgehead atoms. The first-order valence-electron chi connectivity index (χ1n) is 6.34. The minimum Gasteiger partial charge on any atom is -0.321 e. The molecular weight excluding hydrogens is 321 g/mol. The van der Waals surface area contributed by atoms with Crippen LogP contribution in [0.3, 0.4) is 0 Å². The highest BCUT2D eigenvalue weighted by molar-refractivity contribution is 6.76. The highest BCUT2D eigenvalue weighted by atomic mass is 35.6. The van der Waals surface area contributed by atoms with E-state index >= 15 is 0 Å². The number of Topliss-reactive ketones (excluding diaryl/α,β-unsaturated/α-hetero) is 1. The number of carbonyl (C=O) groups is 2. The van der Waals surface area contributed by atoms with E-state index in [1.165, 1.54) is 6.92 Å². The van der Waals surface area contributed by atoms with Gasteiger partial charge in [-0.05, 0) is 49.8 Å². The number of carbonyl (C=O) groups excluding carboxylic acids is 2. The van der Waals surface area contributed by atoms with E-state index in [1.54, 1.807) is 6.07 Å². The summed E-state index contributed by atoms with van der Waals surface area (Å²) in [6, 6.07) is 3.66. The van der Waals surface area contributed by atoms with Gasteiger partial charge in [0, 0.05) is 5.56 Å². The number of nitrogens with one attached hydrogen (secondary N) is 1. The van der Waals surface area contributed by atoms with Crippen molar-refractivity contribution in [1.29, 1.82) is 0 Å². The SMILES string of the molecule is CC(=O)c1ccc2c(c1NC(=O)C(Cl)(Cl)Cl)CCCC2. The van der Waals surface area contributed by atoms with Crippen LogP contribution in [0.4, 0.5) is 5.69 Å². The van der Waals surface area contributed by atoms with Crippen molar-refractivity contribution in [3.8, 4) is 0 Å². The predicted molar refractivity (Wildman–Crippen MR) is 82.0 cm³/mol. The van der Waals surface area contributed by atoms with Crippen LogP contribution in [0.2, 0.25) is 0 Å². The van der Waals surface area contributed by atoms with E-state index in [0.717, 1.165) is 36.8 Å². The van der Waals surface area contributed by atoms with Crippen molar-refractivity contribution in [2.24, 2.45) is 0 Å². The molecule has 6 heteroatoms. The molecular formula is C14H14Cl3NO2. The number of fused-ring (bicyclic) bond motifs is 1. The van der Waals surface area contributed by atoms with Crippen LogP contribution in [0.1, 0.15) is 41.3 Å². The molecule has 0 heterocycles.